The number of hydrogen-bond donors (Lipinski definition) is 0. The third kappa shape index (κ3) is 5.48. The second kappa shape index (κ2) is 10.9. The summed E-state index contributed by atoms with van der Waals surface area (Å²) in [5.41, 5.74) is 2.70. The lowest BCUT2D eigenvalue weighted by Crippen LogP contribution is -2.30. The van der Waals surface area contributed by atoms with Crippen molar-refractivity contribution < 1.29 is 17.9 Å². The van der Waals surface area contributed by atoms with Gasteiger partial charge in [0, 0.05) is 30.6 Å². The van der Waals surface area contributed by atoms with Crippen molar-refractivity contribution in [3.63, 3.8) is 0 Å². The number of aromatic nitrogens is 6. The molecule has 4 rings (SSSR count). The van der Waals surface area contributed by atoms with E-state index >= 15 is 0 Å². The molecule has 12 heteroatoms. The van der Waals surface area contributed by atoms with E-state index in [1.807, 2.05) is 19.9 Å². The average molecular weight is 543 g/mol. The lowest BCUT2D eigenvalue weighted by atomic mass is 10.2. The van der Waals surface area contributed by atoms with Crippen LogP contribution in [0.15, 0.2) is 48.8 Å². The topological polar surface area (TPSA) is 122 Å². The number of sulfone groups is 1. The number of nitrogens with zero attached hydrogens (tertiary/aromatic N) is 6. The highest BCUT2D eigenvalue weighted by Crippen LogP contribution is 2.31. The molecule has 4 aromatic rings. The minimum Gasteiger partial charge on any atom is -0.481 e. The van der Waals surface area contributed by atoms with Crippen molar-refractivity contribution in [1.29, 1.82) is 0 Å². The molecule has 0 spiro atoms. The van der Waals surface area contributed by atoms with Gasteiger partial charge in [0.25, 0.3) is 0 Å². The van der Waals surface area contributed by atoms with Gasteiger partial charge in [-0.1, -0.05) is 23.7 Å². The van der Waals surface area contributed by atoms with Crippen LogP contribution in [0.3, 0.4) is 0 Å². The highest BCUT2D eigenvalue weighted by atomic mass is 35.5. The second-order valence-electron chi connectivity index (χ2n) is 8.51. The number of pyridine rings is 1. The Morgan fingerprint density at radius 1 is 1.03 bits per heavy atom. The number of halogens is 1. The summed E-state index contributed by atoms with van der Waals surface area (Å²) in [6.45, 7) is 5.27. The Kier molecular flexibility index (Phi) is 7.86. The van der Waals surface area contributed by atoms with Crippen molar-refractivity contribution >= 4 is 21.4 Å². The number of rotatable bonds is 9. The zero-order chi connectivity index (χ0) is 26.7. The zero-order valence-corrected chi connectivity index (χ0v) is 22.7. The largest absolute Gasteiger partial charge is 0.481 e. The first-order chi connectivity index (χ1) is 17.7. The van der Waals surface area contributed by atoms with E-state index in [4.69, 9.17) is 21.1 Å². The molecule has 0 aliphatic heterocycles. The normalized spacial score (nSPS) is 13.4. The molecular weight excluding hydrogens is 516 g/mol. The van der Waals surface area contributed by atoms with Crippen molar-refractivity contribution in [2.24, 2.45) is 0 Å². The van der Waals surface area contributed by atoms with Crippen LogP contribution in [-0.4, -0.2) is 57.6 Å². The first kappa shape index (κ1) is 26.6. The van der Waals surface area contributed by atoms with Crippen LogP contribution in [0.1, 0.15) is 35.8 Å². The van der Waals surface area contributed by atoms with Gasteiger partial charge in [-0.05, 0) is 50.1 Å². The molecule has 0 N–H and O–H groups in total. The van der Waals surface area contributed by atoms with E-state index in [1.165, 1.54) is 14.2 Å². The Balaban J connectivity index is 1.80. The molecule has 0 saturated carbocycles. The van der Waals surface area contributed by atoms with Gasteiger partial charge in [-0.2, -0.15) is 0 Å². The van der Waals surface area contributed by atoms with Crippen molar-refractivity contribution in [1.82, 2.24) is 29.7 Å². The van der Waals surface area contributed by atoms with E-state index in [0.717, 1.165) is 11.1 Å². The second-order valence-corrected chi connectivity index (χ2v) is 11.3. The summed E-state index contributed by atoms with van der Waals surface area (Å²) < 4.78 is 39.7. The molecule has 3 aromatic heterocycles. The summed E-state index contributed by atoms with van der Waals surface area (Å²) in [5, 5.41) is 8.14. The fraction of sp³-hybridized carbons (Fsp3) is 0.320. The maximum Gasteiger partial charge on any atom is 0.213 e. The van der Waals surface area contributed by atoms with E-state index < -0.39 is 26.9 Å². The molecule has 0 unspecified atom stereocenters. The van der Waals surface area contributed by atoms with E-state index in [0.29, 0.717) is 28.1 Å². The summed E-state index contributed by atoms with van der Waals surface area (Å²) in [5.74, 6) is 0.822. The number of hydrogen-bond acceptors (Lipinski definition) is 9. The van der Waals surface area contributed by atoms with Gasteiger partial charge in [0.15, 0.2) is 27.3 Å². The molecule has 1 aromatic carbocycles. The molecule has 2 atom stereocenters. The van der Waals surface area contributed by atoms with Crippen molar-refractivity contribution in [3.8, 4) is 23.1 Å². The predicted octanol–water partition coefficient (Wildman–Crippen LogP) is 4.09. The Morgan fingerprint density at radius 2 is 1.73 bits per heavy atom. The van der Waals surface area contributed by atoms with Gasteiger partial charge in [-0.3, -0.25) is 4.57 Å². The van der Waals surface area contributed by atoms with E-state index in [9.17, 15) is 8.42 Å². The maximum absolute atomic E-state index is 13.6. The highest BCUT2D eigenvalue weighted by Gasteiger charge is 2.35. The molecular formula is C25H27ClN6O4S. The molecule has 0 fully saturated rings. The monoisotopic (exact) mass is 542 g/mol. The number of aryl methyl sites for hydroxylation is 1. The third-order valence-corrected chi connectivity index (χ3v) is 8.45. The highest BCUT2D eigenvalue weighted by molar-refractivity contribution is 7.91. The van der Waals surface area contributed by atoms with Crippen LogP contribution >= 0.6 is 11.6 Å². The van der Waals surface area contributed by atoms with Crippen molar-refractivity contribution in [3.05, 3.63) is 76.6 Å². The quantitative estimate of drug-likeness (QED) is 0.307. The Bertz CT molecular complexity index is 1510. The Morgan fingerprint density at radius 3 is 2.41 bits per heavy atom. The average Bonchev–Trinajstić information content (AvgIpc) is 3.29. The summed E-state index contributed by atoms with van der Waals surface area (Å²) >= 11 is 6.41. The fourth-order valence-corrected chi connectivity index (χ4v) is 5.47. The van der Waals surface area contributed by atoms with Gasteiger partial charge >= 0.3 is 0 Å². The summed E-state index contributed by atoms with van der Waals surface area (Å²) in [4.78, 5) is 13.0. The first-order valence-corrected chi connectivity index (χ1v) is 13.5. The summed E-state index contributed by atoms with van der Waals surface area (Å²) in [7, 11) is -0.874. The van der Waals surface area contributed by atoms with Crippen LogP contribution in [-0.2, 0) is 20.3 Å². The van der Waals surface area contributed by atoms with Crippen LogP contribution in [0.5, 0.6) is 5.88 Å². The third-order valence-electron chi connectivity index (χ3n) is 6.00. The number of methoxy groups -OCH3 is 2. The van der Waals surface area contributed by atoms with Crippen molar-refractivity contribution in [2.45, 2.75) is 37.9 Å². The van der Waals surface area contributed by atoms with Crippen LogP contribution in [0.2, 0.25) is 5.02 Å². The molecule has 0 radical (unpaired) electrons. The maximum atomic E-state index is 13.6. The molecule has 0 bridgehead atoms. The molecule has 194 valence electrons. The van der Waals surface area contributed by atoms with E-state index in [2.05, 4.69) is 25.1 Å². The van der Waals surface area contributed by atoms with Gasteiger partial charge in [-0.25, -0.2) is 23.4 Å². The molecule has 0 aliphatic carbocycles. The molecule has 37 heavy (non-hydrogen) atoms. The zero-order valence-electron chi connectivity index (χ0n) is 21.1. The predicted molar refractivity (Wildman–Crippen MR) is 139 cm³/mol. The molecule has 0 aliphatic rings. The van der Waals surface area contributed by atoms with Gasteiger partial charge in [0.2, 0.25) is 5.88 Å². The molecule has 0 amide bonds. The van der Waals surface area contributed by atoms with Crippen LogP contribution in [0, 0.1) is 13.8 Å². The smallest absolute Gasteiger partial charge is 0.213 e. The SMILES string of the molecule is COc1cccc(-c2nnc(CS(=O)(=O)[C@@H](C)[C@H](OC)c3ncc(C)cn3)n2-c2cccc(Cl)c2C)n1. The van der Waals surface area contributed by atoms with Crippen LogP contribution in [0.25, 0.3) is 17.2 Å². The van der Waals surface area contributed by atoms with E-state index in [-0.39, 0.29) is 11.6 Å². The molecule has 0 saturated heterocycles. The molecule has 3 heterocycles. The Labute approximate surface area is 220 Å². The van der Waals surface area contributed by atoms with Gasteiger partial charge < -0.3 is 9.47 Å². The number of ether oxygens (including phenoxy) is 2. The minimum absolute atomic E-state index is 0.205. The standard InChI is InChI=1S/C25H27ClN6O4S/c1-15-12-27-24(28-13-15)23(36-5)17(3)37(33,34)14-21-30-31-25(19-9-7-11-22(29-19)35-4)32(21)20-10-6-8-18(26)16(20)2/h6-13,17,23H,14H2,1-5H3/t17-,23-/m0/s1. The van der Waals surface area contributed by atoms with Crippen LogP contribution in [0.4, 0.5) is 0 Å². The van der Waals surface area contributed by atoms with Crippen LogP contribution < -0.4 is 4.74 Å². The number of benzene rings is 1. The lowest BCUT2D eigenvalue weighted by molar-refractivity contribution is 0.0947. The summed E-state index contributed by atoms with van der Waals surface area (Å²) in [6, 6.07) is 10.6. The van der Waals surface area contributed by atoms with Gasteiger partial charge in [0.1, 0.15) is 17.6 Å². The minimum atomic E-state index is -3.82. The Hall–Kier alpha value is -3.41. The summed E-state index contributed by atoms with van der Waals surface area (Å²) in [6.07, 6.45) is 2.38. The first-order valence-electron chi connectivity index (χ1n) is 11.4. The fourth-order valence-electron chi connectivity index (χ4n) is 3.88. The molecule has 10 nitrogen and oxygen atoms in total. The van der Waals surface area contributed by atoms with E-state index in [1.54, 1.807) is 54.2 Å². The lowest BCUT2D eigenvalue weighted by Gasteiger charge is -2.22. The van der Waals surface area contributed by atoms with Gasteiger partial charge in [0.05, 0.1) is 18.0 Å². The van der Waals surface area contributed by atoms with Crippen molar-refractivity contribution in [2.75, 3.05) is 14.2 Å². The van der Waals surface area contributed by atoms with Gasteiger partial charge in [-0.15, -0.1) is 10.2 Å².